The fourth-order valence-electron chi connectivity index (χ4n) is 4.69. The molecule has 0 bridgehead atoms. The second kappa shape index (κ2) is 12.5. The number of esters is 1. The lowest BCUT2D eigenvalue weighted by Crippen LogP contribution is -2.44. The highest BCUT2D eigenvalue weighted by atomic mass is 28.3. The molecule has 42 heavy (non-hydrogen) atoms. The Kier molecular flexibility index (Phi) is 9.46. The molecule has 7 nitrogen and oxygen atoms in total. The number of alkyl halides is 3. The van der Waals surface area contributed by atoms with Gasteiger partial charge in [0.05, 0.1) is 12.2 Å². The van der Waals surface area contributed by atoms with Crippen molar-refractivity contribution in [2.75, 3.05) is 19.8 Å². The molecular formula is C30H37F4N3O4Si. The Balaban J connectivity index is 1.53. The zero-order chi connectivity index (χ0) is 30.7. The smallest absolute Gasteiger partial charge is 0.434 e. The maximum atomic E-state index is 15.4. The van der Waals surface area contributed by atoms with Gasteiger partial charge in [0.25, 0.3) is 0 Å². The first-order chi connectivity index (χ1) is 19.7. The number of ether oxygens (including phenoxy) is 3. The SMILES string of the molecule is CCOC(=O)C1(COc2cc(C)c(-c3ccc(-c4nc(C(F)(F)F)cn4COCC[Si](C)(C)C)c(F)c3)cn2)CCC1. The Labute approximate surface area is 244 Å². The van der Waals surface area contributed by atoms with E-state index in [1.165, 1.54) is 16.7 Å². The van der Waals surface area contributed by atoms with Crippen LogP contribution in [0.2, 0.25) is 25.7 Å². The van der Waals surface area contributed by atoms with Crippen LogP contribution in [0.4, 0.5) is 17.6 Å². The van der Waals surface area contributed by atoms with Crippen molar-refractivity contribution in [1.82, 2.24) is 14.5 Å². The summed E-state index contributed by atoms with van der Waals surface area (Å²) in [5.41, 5.74) is 0.0409. The fraction of sp³-hybridized carbons (Fsp3) is 0.500. The molecule has 0 aliphatic heterocycles. The molecule has 2 heterocycles. The summed E-state index contributed by atoms with van der Waals surface area (Å²) in [4.78, 5) is 20.4. The first-order valence-electron chi connectivity index (χ1n) is 14.0. The Morgan fingerprint density at radius 1 is 1.14 bits per heavy atom. The topological polar surface area (TPSA) is 75.5 Å². The van der Waals surface area contributed by atoms with Crippen molar-refractivity contribution in [2.24, 2.45) is 5.41 Å². The Bertz CT molecular complexity index is 1410. The minimum Gasteiger partial charge on any atom is -0.476 e. The lowest BCUT2D eigenvalue weighted by Gasteiger charge is -2.38. The zero-order valence-corrected chi connectivity index (χ0v) is 25.6. The van der Waals surface area contributed by atoms with Crippen LogP contribution in [0.3, 0.4) is 0 Å². The number of hydrogen-bond acceptors (Lipinski definition) is 6. The van der Waals surface area contributed by atoms with Gasteiger partial charge in [-0.05, 0) is 56.0 Å². The van der Waals surface area contributed by atoms with Gasteiger partial charge in [-0.15, -0.1) is 0 Å². The predicted octanol–water partition coefficient (Wildman–Crippen LogP) is 7.50. The summed E-state index contributed by atoms with van der Waals surface area (Å²) in [6, 6.07) is 6.83. The molecule has 1 aliphatic rings. The maximum Gasteiger partial charge on any atom is 0.434 e. The number of rotatable bonds is 12. The highest BCUT2D eigenvalue weighted by Gasteiger charge is 2.46. The van der Waals surface area contributed by atoms with Crippen molar-refractivity contribution in [3.05, 3.63) is 53.7 Å². The number of pyridine rings is 1. The van der Waals surface area contributed by atoms with Crippen LogP contribution in [-0.2, 0) is 27.2 Å². The van der Waals surface area contributed by atoms with E-state index in [1.54, 1.807) is 25.3 Å². The van der Waals surface area contributed by atoms with E-state index in [0.29, 0.717) is 43.1 Å². The summed E-state index contributed by atoms with van der Waals surface area (Å²) in [5.74, 6) is -0.818. The number of halogens is 4. The molecule has 0 unspecified atom stereocenters. The monoisotopic (exact) mass is 607 g/mol. The molecule has 0 N–H and O–H groups in total. The van der Waals surface area contributed by atoms with E-state index < -0.39 is 31.2 Å². The second-order valence-corrected chi connectivity index (χ2v) is 17.6. The number of aryl methyl sites for hydroxylation is 1. The number of nitrogens with zero attached hydrogens (tertiary/aromatic N) is 3. The number of carbonyl (C=O) groups excluding carboxylic acids is 1. The Morgan fingerprint density at radius 2 is 1.88 bits per heavy atom. The molecule has 1 saturated carbocycles. The summed E-state index contributed by atoms with van der Waals surface area (Å²) < 4.78 is 73.8. The lowest BCUT2D eigenvalue weighted by atomic mass is 9.69. The quantitative estimate of drug-likeness (QED) is 0.0919. The van der Waals surface area contributed by atoms with Gasteiger partial charge in [-0.3, -0.25) is 4.79 Å². The Morgan fingerprint density at radius 3 is 2.45 bits per heavy atom. The van der Waals surface area contributed by atoms with Crippen molar-refractivity contribution in [3.63, 3.8) is 0 Å². The molecule has 0 saturated heterocycles. The van der Waals surface area contributed by atoms with Crippen LogP contribution in [0.1, 0.15) is 37.4 Å². The highest BCUT2D eigenvalue weighted by molar-refractivity contribution is 6.76. The molecule has 0 spiro atoms. The average Bonchev–Trinajstić information content (AvgIpc) is 3.30. The molecule has 228 valence electrons. The summed E-state index contributed by atoms with van der Waals surface area (Å²) in [6.45, 7) is 10.8. The van der Waals surface area contributed by atoms with Crippen molar-refractivity contribution >= 4 is 14.0 Å². The average molecular weight is 608 g/mol. The number of imidazole rings is 1. The maximum absolute atomic E-state index is 15.4. The molecule has 4 rings (SSSR count). The number of benzene rings is 1. The fourth-order valence-corrected chi connectivity index (χ4v) is 5.45. The minimum atomic E-state index is -4.68. The van der Waals surface area contributed by atoms with Crippen LogP contribution in [0.5, 0.6) is 5.88 Å². The number of hydrogen-bond donors (Lipinski definition) is 0. The van der Waals surface area contributed by atoms with Crippen LogP contribution in [0.25, 0.3) is 22.5 Å². The van der Waals surface area contributed by atoms with Crippen molar-refractivity contribution in [1.29, 1.82) is 0 Å². The van der Waals surface area contributed by atoms with Gasteiger partial charge >= 0.3 is 12.1 Å². The summed E-state index contributed by atoms with van der Waals surface area (Å²) in [5, 5.41) is 0. The van der Waals surface area contributed by atoms with Crippen molar-refractivity contribution in [3.8, 4) is 28.4 Å². The van der Waals surface area contributed by atoms with Crippen LogP contribution in [-0.4, -0.2) is 48.4 Å². The van der Waals surface area contributed by atoms with Gasteiger partial charge in [-0.1, -0.05) is 32.1 Å². The lowest BCUT2D eigenvalue weighted by molar-refractivity contribution is -0.163. The van der Waals surface area contributed by atoms with E-state index in [0.717, 1.165) is 24.2 Å². The molecule has 3 aromatic rings. The third-order valence-electron chi connectivity index (χ3n) is 7.42. The van der Waals surface area contributed by atoms with Crippen molar-refractivity contribution in [2.45, 2.75) is 71.7 Å². The van der Waals surface area contributed by atoms with E-state index in [4.69, 9.17) is 14.2 Å². The molecule has 0 amide bonds. The van der Waals surface area contributed by atoms with Crippen LogP contribution < -0.4 is 4.74 Å². The second-order valence-electron chi connectivity index (χ2n) is 11.9. The van der Waals surface area contributed by atoms with E-state index in [1.807, 2.05) is 6.92 Å². The molecule has 0 atom stereocenters. The first-order valence-corrected chi connectivity index (χ1v) is 17.7. The van der Waals surface area contributed by atoms with Gasteiger partial charge in [0.15, 0.2) is 5.69 Å². The largest absolute Gasteiger partial charge is 0.476 e. The predicted molar refractivity (Wildman–Crippen MR) is 153 cm³/mol. The number of aromatic nitrogens is 3. The van der Waals surface area contributed by atoms with E-state index in [-0.39, 0.29) is 30.7 Å². The van der Waals surface area contributed by atoms with Crippen LogP contribution >= 0.6 is 0 Å². The summed E-state index contributed by atoms with van der Waals surface area (Å²) >= 11 is 0. The molecule has 1 fully saturated rings. The highest BCUT2D eigenvalue weighted by Crippen LogP contribution is 2.42. The first kappa shape index (κ1) is 31.7. The molecule has 1 aliphatic carbocycles. The van der Waals surface area contributed by atoms with Gasteiger partial charge in [-0.25, -0.2) is 14.4 Å². The Hall–Kier alpha value is -3.25. The molecule has 12 heteroatoms. The summed E-state index contributed by atoms with van der Waals surface area (Å²) in [7, 11) is -1.40. The third-order valence-corrected chi connectivity index (χ3v) is 9.12. The van der Waals surface area contributed by atoms with Crippen molar-refractivity contribution < 1.29 is 36.6 Å². The van der Waals surface area contributed by atoms with Gasteiger partial charge in [0.2, 0.25) is 5.88 Å². The van der Waals surface area contributed by atoms with Gasteiger partial charge in [0, 0.05) is 38.7 Å². The van der Waals surface area contributed by atoms with Crippen LogP contribution in [0.15, 0.2) is 36.7 Å². The van der Waals surface area contributed by atoms with Gasteiger partial charge in [0.1, 0.15) is 30.4 Å². The van der Waals surface area contributed by atoms with E-state index in [9.17, 15) is 18.0 Å². The van der Waals surface area contributed by atoms with E-state index in [2.05, 4.69) is 29.6 Å². The van der Waals surface area contributed by atoms with E-state index >= 15 is 4.39 Å². The molecule has 0 radical (unpaired) electrons. The normalized spacial score (nSPS) is 14.9. The third kappa shape index (κ3) is 7.38. The minimum absolute atomic E-state index is 0.0710. The molecular weight excluding hydrogens is 570 g/mol. The van der Waals surface area contributed by atoms with Gasteiger partial charge in [-0.2, -0.15) is 13.2 Å². The van der Waals surface area contributed by atoms with Crippen LogP contribution in [0, 0.1) is 18.2 Å². The summed E-state index contributed by atoms with van der Waals surface area (Å²) in [6.07, 6.45) is 0.0315. The zero-order valence-electron chi connectivity index (χ0n) is 24.6. The standard InChI is InChI=1S/C30H37F4N3O4Si/c1-6-40-28(38)29(10-7-11-29)18-41-26-14-20(2)23(16-35-26)21-8-9-22(24(31)15-21)27-36-25(30(32,33)34)17-37(27)19-39-12-13-42(3,4)5/h8-9,14-17H,6-7,10-13,18-19H2,1-5H3. The molecule has 1 aromatic carbocycles. The molecule has 2 aromatic heterocycles. The van der Waals surface area contributed by atoms with Gasteiger partial charge < -0.3 is 18.8 Å². The number of carbonyl (C=O) groups is 1.